The summed E-state index contributed by atoms with van der Waals surface area (Å²) in [7, 11) is 1.59. The summed E-state index contributed by atoms with van der Waals surface area (Å²) in [6, 6.07) is 3.58. The Balaban J connectivity index is 2.51. The lowest BCUT2D eigenvalue weighted by Gasteiger charge is -2.07. The van der Waals surface area contributed by atoms with Crippen LogP contribution in [0.5, 0.6) is 0 Å². The molecule has 0 aromatic carbocycles. The zero-order valence-corrected chi connectivity index (χ0v) is 10.3. The number of hydrogen-bond donors (Lipinski definition) is 1. The predicted octanol–water partition coefficient (Wildman–Crippen LogP) is 1.90. The summed E-state index contributed by atoms with van der Waals surface area (Å²) in [5, 5.41) is 3.84. The Labute approximate surface area is 107 Å². The normalized spacial score (nSPS) is 11.0. The Kier molecular flexibility index (Phi) is 2.41. The number of fused-ring (bicyclic) bond motifs is 3. The summed E-state index contributed by atoms with van der Waals surface area (Å²) in [6.07, 6.45) is 5.00. The van der Waals surface area contributed by atoms with Crippen LogP contribution in [-0.2, 0) is 0 Å². The molecule has 3 heterocycles. The van der Waals surface area contributed by atoms with Crippen molar-refractivity contribution < 1.29 is 4.79 Å². The van der Waals surface area contributed by atoms with Gasteiger partial charge in [-0.15, -0.1) is 0 Å². The number of nitrogens with one attached hydrogen (secondary N) is 1. The summed E-state index contributed by atoms with van der Waals surface area (Å²) in [5.74, 6) is -0.180. The molecule has 18 heavy (non-hydrogen) atoms. The molecule has 0 aliphatic heterocycles. The number of carbonyl (C=O) groups excluding carboxylic acids is 1. The van der Waals surface area contributed by atoms with Crippen molar-refractivity contribution >= 4 is 34.1 Å². The maximum absolute atomic E-state index is 11.8. The molecule has 0 radical (unpaired) electrons. The molecule has 3 aromatic rings. The minimum Gasteiger partial charge on any atom is -0.355 e. The van der Waals surface area contributed by atoms with Crippen molar-refractivity contribution in [3.05, 3.63) is 41.4 Å². The number of nitrogens with zero attached hydrogens (tertiary/aromatic N) is 3. The maximum Gasteiger partial charge on any atom is 0.254 e. The Hall–Kier alpha value is -2.14. The molecule has 5 nitrogen and oxygen atoms in total. The van der Waals surface area contributed by atoms with Crippen LogP contribution in [0.1, 0.15) is 10.4 Å². The van der Waals surface area contributed by atoms with Gasteiger partial charge in [0.2, 0.25) is 0 Å². The van der Waals surface area contributed by atoms with Crippen molar-refractivity contribution in [2.75, 3.05) is 7.05 Å². The van der Waals surface area contributed by atoms with Crippen LogP contribution >= 0.6 is 11.6 Å². The van der Waals surface area contributed by atoms with Gasteiger partial charge in [0.05, 0.1) is 11.1 Å². The van der Waals surface area contributed by atoms with Gasteiger partial charge in [-0.05, 0) is 12.1 Å². The van der Waals surface area contributed by atoms with Gasteiger partial charge in [-0.2, -0.15) is 0 Å². The van der Waals surface area contributed by atoms with Crippen LogP contribution in [0.25, 0.3) is 16.6 Å². The van der Waals surface area contributed by atoms with E-state index in [9.17, 15) is 4.79 Å². The first-order valence-electron chi connectivity index (χ1n) is 5.34. The molecule has 0 atom stereocenters. The van der Waals surface area contributed by atoms with Gasteiger partial charge in [-0.25, -0.2) is 9.97 Å². The minimum absolute atomic E-state index is 0.180. The maximum atomic E-state index is 11.8. The first kappa shape index (κ1) is 11.0. The van der Waals surface area contributed by atoms with Gasteiger partial charge in [0.25, 0.3) is 5.91 Å². The van der Waals surface area contributed by atoms with E-state index in [4.69, 9.17) is 11.6 Å². The van der Waals surface area contributed by atoms with Crippen molar-refractivity contribution in [3.63, 3.8) is 0 Å². The highest BCUT2D eigenvalue weighted by Gasteiger charge is 2.14. The molecule has 0 spiro atoms. The molecule has 3 aromatic heterocycles. The van der Waals surface area contributed by atoms with Crippen LogP contribution in [0, 0.1) is 0 Å². The zero-order chi connectivity index (χ0) is 12.7. The Morgan fingerprint density at radius 2 is 2.22 bits per heavy atom. The number of rotatable bonds is 1. The van der Waals surface area contributed by atoms with Crippen LogP contribution in [0.2, 0.25) is 5.15 Å². The van der Waals surface area contributed by atoms with E-state index in [1.54, 1.807) is 36.1 Å². The number of pyridine rings is 2. The Morgan fingerprint density at radius 3 is 3.00 bits per heavy atom. The topological polar surface area (TPSA) is 59.3 Å². The van der Waals surface area contributed by atoms with E-state index in [2.05, 4.69) is 15.3 Å². The second kappa shape index (κ2) is 3.96. The van der Waals surface area contributed by atoms with E-state index < -0.39 is 0 Å². The Morgan fingerprint density at radius 1 is 1.39 bits per heavy atom. The highest BCUT2D eigenvalue weighted by Crippen LogP contribution is 2.24. The molecule has 6 heteroatoms. The molecule has 0 bridgehead atoms. The van der Waals surface area contributed by atoms with Gasteiger partial charge in [0.15, 0.2) is 5.15 Å². The largest absolute Gasteiger partial charge is 0.355 e. The van der Waals surface area contributed by atoms with Gasteiger partial charge in [-0.3, -0.25) is 9.20 Å². The third-order valence-corrected chi connectivity index (χ3v) is 3.08. The van der Waals surface area contributed by atoms with Crippen LogP contribution in [0.3, 0.4) is 0 Å². The molecule has 0 fully saturated rings. The van der Waals surface area contributed by atoms with E-state index in [0.717, 1.165) is 10.9 Å². The van der Waals surface area contributed by atoms with Crippen LogP contribution < -0.4 is 5.32 Å². The van der Waals surface area contributed by atoms with Gasteiger partial charge in [-0.1, -0.05) is 11.6 Å². The second-order valence-electron chi connectivity index (χ2n) is 3.80. The summed E-state index contributed by atoms with van der Waals surface area (Å²) in [4.78, 5) is 20.1. The molecule has 0 aliphatic carbocycles. The fourth-order valence-electron chi connectivity index (χ4n) is 2.00. The lowest BCUT2D eigenvalue weighted by molar-refractivity contribution is 0.0964. The van der Waals surface area contributed by atoms with E-state index in [0.29, 0.717) is 16.4 Å². The highest BCUT2D eigenvalue weighted by atomic mass is 35.5. The molecular formula is C12H9ClN4O. The monoisotopic (exact) mass is 260 g/mol. The molecule has 90 valence electrons. The summed E-state index contributed by atoms with van der Waals surface area (Å²) in [6.45, 7) is 0. The number of amides is 1. The third-order valence-electron chi connectivity index (χ3n) is 2.80. The van der Waals surface area contributed by atoms with E-state index in [1.807, 2.05) is 6.07 Å². The third kappa shape index (κ3) is 1.44. The number of hydrogen-bond acceptors (Lipinski definition) is 3. The highest BCUT2D eigenvalue weighted by molar-refractivity contribution is 6.34. The number of aromatic nitrogens is 3. The fourth-order valence-corrected chi connectivity index (χ4v) is 2.26. The average molecular weight is 261 g/mol. The summed E-state index contributed by atoms with van der Waals surface area (Å²) >= 11 is 6.10. The standard InChI is InChI=1S/C12H9ClN4O/c1-14-12(18)8-6-7-2-3-15-10(13)9(7)17-5-4-16-11(8)17/h2-6H,1H3,(H,14,18). The molecule has 1 N–H and O–H groups in total. The van der Waals surface area contributed by atoms with Crippen molar-refractivity contribution in [2.45, 2.75) is 0 Å². The quantitative estimate of drug-likeness (QED) is 0.680. The van der Waals surface area contributed by atoms with Gasteiger partial charge in [0.1, 0.15) is 5.65 Å². The van der Waals surface area contributed by atoms with Gasteiger partial charge >= 0.3 is 0 Å². The van der Waals surface area contributed by atoms with Crippen LogP contribution in [-0.4, -0.2) is 27.3 Å². The number of imidazole rings is 1. The van der Waals surface area contributed by atoms with Crippen LogP contribution in [0.4, 0.5) is 0 Å². The SMILES string of the molecule is CNC(=O)c1cc2ccnc(Cl)c2n2ccnc12. The fraction of sp³-hybridized carbons (Fsp3) is 0.0833. The van der Waals surface area contributed by atoms with Gasteiger partial charge in [0, 0.05) is 31.0 Å². The van der Waals surface area contributed by atoms with Crippen molar-refractivity contribution in [1.29, 1.82) is 0 Å². The van der Waals surface area contributed by atoms with Crippen molar-refractivity contribution in [3.8, 4) is 0 Å². The summed E-state index contributed by atoms with van der Waals surface area (Å²) in [5.41, 5.74) is 1.83. The molecule has 1 amide bonds. The zero-order valence-electron chi connectivity index (χ0n) is 9.51. The van der Waals surface area contributed by atoms with Crippen LogP contribution in [0.15, 0.2) is 30.7 Å². The van der Waals surface area contributed by atoms with Crippen molar-refractivity contribution in [2.24, 2.45) is 0 Å². The van der Waals surface area contributed by atoms with E-state index >= 15 is 0 Å². The molecule has 0 aliphatic rings. The number of carbonyl (C=O) groups is 1. The number of halogens is 1. The van der Waals surface area contributed by atoms with Crippen molar-refractivity contribution in [1.82, 2.24) is 19.7 Å². The van der Waals surface area contributed by atoms with Gasteiger partial charge < -0.3 is 5.32 Å². The lowest BCUT2D eigenvalue weighted by atomic mass is 10.1. The smallest absolute Gasteiger partial charge is 0.254 e. The first-order chi connectivity index (χ1) is 8.72. The summed E-state index contributed by atoms with van der Waals surface area (Å²) < 4.78 is 1.77. The second-order valence-corrected chi connectivity index (χ2v) is 4.16. The minimum atomic E-state index is -0.180. The predicted molar refractivity (Wildman–Crippen MR) is 68.9 cm³/mol. The molecular weight excluding hydrogens is 252 g/mol. The Bertz CT molecular complexity index is 765. The average Bonchev–Trinajstić information content (AvgIpc) is 2.86. The van der Waals surface area contributed by atoms with E-state index in [1.165, 1.54) is 0 Å². The molecule has 0 saturated heterocycles. The lowest BCUT2D eigenvalue weighted by Crippen LogP contribution is -2.19. The molecule has 3 rings (SSSR count). The molecule has 0 unspecified atom stereocenters. The molecule has 0 saturated carbocycles. The first-order valence-corrected chi connectivity index (χ1v) is 5.72. The van der Waals surface area contributed by atoms with E-state index in [-0.39, 0.29) is 5.91 Å².